The Hall–Kier alpha value is -1.57. The number of hydrogen-bond donors (Lipinski definition) is 0. The Bertz CT molecular complexity index is 664. The van der Waals surface area contributed by atoms with Gasteiger partial charge in [-0.15, -0.1) is 0 Å². The second-order valence-electron chi connectivity index (χ2n) is 7.99. The van der Waals surface area contributed by atoms with E-state index in [1.54, 1.807) is 0 Å². The lowest BCUT2D eigenvalue weighted by atomic mass is 9.48. The van der Waals surface area contributed by atoms with Crippen LogP contribution in [0.2, 0.25) is 0 Å². The summed E-state index contributed by atoms with van der Waals surface area (Å²) >= 11 is 0. The van der Waals surface area contributed by atoms with Crippen molar-refractivity contribution in [2.24, 2.45) is 17.8 Å². The summed E-state index contributed by atoms with van der Waals surface area (Å²) < 4.78 is 6.08. The van der Waals surface area contributed by atoms with Crippen molar-refractivity contribution in [1.29, 1.82) is 0 Å². The summed E-state index contributed by atoms with van der Waals surface area (Å²) in [6.45, 7) is 2.12. The van der Waals surface area contributed by atoms with E-state index in [4.69, 9.17) is 9.40 Å². The van der Waals surface area contributed by atoms with E-state index in [1.807, 2.05) is 6.07 Å². The number of rotatable bonds is 2. The minimum Gasteiger partial charge on any atom is -0.441 e. The number of hydrogen-bond acceptors (Lipinski definition) is 2. The Balaban J connectivity index is 1.57. The molecule has 0 N–H and O–H groups in total. The van der Waals surface area contributed by atoms with Gasteiger partial charge < -0.3 is 4.42 Å². The molecule has 0 unspecified atom stereocenters. The highest BCUT2D eigenvalue weighted by atomic mass is 16.4. The van der Waals surface area contributed by atoms with Gasteiger partial charge in [-0.05, 0) is 75.3 Å². The van der Waals surface area contributed by atoms with E-state index in [2.05, 4.69) is 31.2 Å². The second-order valence-corrected chi connectivity index (χ2v) is 7.99. The fraction of sp³-hybridized carbons (Fsp3) is 0.550. The maximum atomic E-state index is 6.08. The Morgan fingerprint density at radius 3 is 2.14 bits per heavy atom. The van der Waals surface area contributed by atoms with Crippen molar-refractivity contribution in [3.05, 3.63) is 41.8 Å². The first kappa shape index (κ1) is 12.9. The van der Waals surface area contributed by atoms with E-state index in [0.29, 0.717) is 5.41 Å². The molecule has 4 aliphatic rings. The molecule has 4 bridgehead atoms. The molecule has 4 fully saturated rings. The van der Waals surface area contributed by atoms with E-state index in [9.17, 15) is 0 Å². The van der Waals surface area contributed by atoms with Crippen LogP contribution in [0.25, 0.3) is 11.5 Å². The molecule has 0 saturated heterocycles. The maximum absolute atomic E-state index is 6.08. The molecule has 6 rings (SSSR count). The fourth-order valence-corrected chi connectivity index (χ4v) is 5.99. The largest absolute Gasteiger partial charge is 0.441 e. The Labute approximate surface area is 131 Å². The van der Waals surface area contributed by atoms with Crippen LogP contribution in [0.3, 0.4) is 0 Å². The van der Waals surface area contributed by atoms with Gasteiger partial charge in [0.2, 0.25) is 5.89 Å². The summed E-state index contributed by atoms with van der Waals surface area (Å²) in [5.74, 6) is 4.71. The first-order chi connectivity index (χ1) is 10.7. The van der Waals surface area contributed by atoms with Gasteiger partial charge in [0.15, 0.2) is 0 Å². The van der Waals surface area contributed by atoms with Crippen LogP contribution in [0.5, 0.6) is 0 Å². The zero-order valence-corrected chi connectivity index (χ0v) is 13.2. The quantitative estimate of drug-likeness (QED) is 0.768. The van der Waals surface area contributed by atoms with Crippen molar-refractivity contribution in [3.8, 4) is 11.5 Å². The molecule has 22 heavy (non-hydrogen) atoms. The lowest BCUT2D eigenvalue weighted by Crippen LogP contribution is -2.49. The van der Waals surface area contributed by atoms with Gasteiger partial charge >= 0.3 is 0 Å². The summed E-state index contributed by atoms with van der Waals surface area (Å²) in [7, 11) is 0. The third kappa shape index (κ3) is 1.82. The van der Waals surface area contributed by atoms with Crippen molar-refractivity contribution < 1.29 is 4.42 Å². The van der Waals surface area contributed by atoms with Crippen LogP contribution in [-0.2, 0) is 5.41 Å². The molecule has 0 spiro atoms. The first-order valence-electron chi connectivity index (χ1n) is 8.75. The minimum absolute atomic E-state index is 0.329. The summed E-state index contributed by atoms with van der Waals surface area (Å²) in [5, 5.41) is 0. The standard InChI is InChI=1S/C20H23NO/c1-13-18(21-19(22-13)17-5-3-2-4-6-17)20-10-14-7-15(11-20)9-16(8-14)12-20/h2-6,14-16H,7-12H2,1H3. The van der Waals surface area contributed by atoms with Gasteiger partial charge in [0, 0.05) is 11.0 Å². The van der Waals surface area contributed by atoms with Crippen LogP contribution < -0.4 is 0 Å². The van der Waals surface area contributed by atoms with E-state index in [1.165, 1.54) is 44.2 Å². The van der Waals surface area contributed by atoms with Crippen LogP contribution in [0.4, 0.5) is 0 Å². The average Bonchev–Trinajstić information content (AvgIpc) is 2.90. The number of aryl methyl sites for hydroxylation is 1. The molecule has 0 radical (unpaired) electrons. The lowest BCUT2D eigenvalue weighted by molar-refractivity contribution is -0.00759. The normalized spacial score (nSPS) is 36.0. The molecule has 1 aromatic carbocycles. The van der Waals surface area contributed by atoms with Crippen molar-refractivity contribution in [3.63, 3.8) is 0 Å². The number of benzene rings is 1. The Morgan fingerprint density at radius 2 is 1.55 bits per heavy atom. The van der Waals surface area contributed by atoms with Crippen molar-refractivity contribution in [2.45, 2.75) is 50.9 Å². The Kier molecular flexibility index (Phi) is 2.62. The van der Waals surface area contributed by atoms with E-state index in [0.717, 1.165) is 35.0 Å². The maximum Gasteiger partial charge on any atom is 0.226 e. The molecule has 114 valence electrons. The van der Waals surface area contributed by atoms with Gasteiger partial charge in [0.05, 0.1) is 5.69 Å². The van der Waals surface area contributed by atoms with Crippen LogP contribution in [-0.4, -0.2) is 4.98 Å². The van der Waals surface area contributed by atoms with Crippen molar-refractivity contribution >= 4 is 0 Å². The molecule has 1 aromatic heterocycles. The zero-order chi connectivity index (χ0) is 14.7. The highest BCUT2D eigenvalue weighted by Crippen LogP contribution is 2.61. The summed E-state index contributed by atoms with van der Waals surface area (Å²) in [6.07, 6.45) is 8.47. The molecule has 1 heterocycles. The molecule has 2 nitrogen and oxygen atoms in total. The van der Waals surface area contributed by atoms with Gasteiger partial charge in [-0.3, -0.25) is 0 Å². The molecule has 2 aromatic rings. The fourth-order valence-electron chi connectivity index (χ4n) is 5.99. The average molecular weight is 293 g/mol. The van der Waals surface area contributed by atoms with Crippen LogP contribution in [0.1, 0.15) is 50.0 Å². The van der Waals surface area contributed by atoms with Crippen LogP contribution in [0.15, 0.2) is 34.7 Å². The van der Waals surface area contributed by atoms with Crippen LogP contribution >= 0.6 is 0 Å². The molecular formula is C20H23NO. The number of aromatic nitrogens is 1. The highest BCUT2D eigenvalue weighted by molar-refractivity contribution is 5.53. The highest BCUT2D eigenvalue weighted by Gasteiger charge is 2.53. The third-order valence-electron chi connectivity index (χ3n) is 6.36. The van der Waals surface area contributed by atoms with E-state index in [-0.39, 0.29) is 0 Å². The summed E-state index contributed by atoms with van der Waals surface area (Å²) in [5.41, 5.74) is 2.71. The van der Waals surface area contributed by atoms with Gasteiger partial charge in [-0.25, -0.2) is 4.98 Å². The van der Waals surface area contributed by atoms with Crippen LogP contribution in [0, 0.1) is 24.7 Å². The van der Waals surface area contributed by atoms with Crippen molar-refractivity contribution in [1.82, 2.24) is 4.98 Å². The van der Waals surface area contributed by atoms with E-state index >= 15 is 0 Å². The smallest absolute Gasteiger partial charge is 0.226 e. The number of nitrogens with zero attached hydrogens (tertiary/aromatic N) is 1. The number of oxazole rings is 1. The molecule has 4 saturated carbocycles. The van der Waals surface area contributed by atoms with Crippen molar-refractivity contribution in [2.75, 3.05) is 0 Å². The molecule has 2 heteroatoms. The third-order valence-corrected chi connectivity index (χ3v) is 6.36. The predicted molar refractivity (Wildman–Crippen MR) is 86.5 cm³/mol. The molecular weight excluding hydrogens is 270 g/mol. The molecule has 4 aliphatic carbocycles. The molecule has 0 atom stereocenters. The first-order valence-corrected chi connectivity index (χ1v) is 8.75. The monoisotopic (exact) mass is 293 g/mol. The zero-order valence-electron chi connectivity index (χ0n) is 13.2. The minimum atomic E-state index is 0.329. The predicted octanol–water partition coefficient (Wildman–Crippen LogP) is 5.12. The topological polar surface area (TPSA) is 26.0 Å². The van der Waals surface area contributed by atoms with E-state index < -0.39 is 0 Å². The van der Waals surface area contributed by atoms with Gasteiger partial charge in [-0.2, -0.15) is 0 Å². The molecule has 0 amide bonds. The molecule has 0 aliphatic heterocycles. The Morgan fingerprint density at radius 1 is 0.955 bits per heavy atom. The lowest BCUT2D eigenvalue weighted by Gasteiger charge is -2.56. The van der Waals surface area contributed by atoms with Gasteiger partial charge in [0.25, 0.3) is 0 Å². The second kappa shape index (κ2) is 4.47. The van der Waals surface area contributed by atoms with Gasteiger partial charge in [0.1, 0.15) is 5.76 Å². The SMILES string of the molecule is Cc1oc(-c2ccccc2)nc1C12CC3CC(CC(C3)C1)C2. The van der Waals surface area contributed by atoms with Gasteiger partial charge in [-0.1, -0.05) is 18.2 Å². The summed E-state index contributed by atoms with van der Waals surface area (Å²) in [4.78, 5) is 5.00. The summed E-state index contributed by atoms with van der Waals surface area (Å²) in [6, 6.07) is 10.3.